The van der Waals surface area contributed by atoms with Gasteiger partial charge in [-0.15, -0.1) is 0 Å². The number of nitrogens with one attached hydrogen (secondary N) is 1. The summed E-state index contributed by atoms with van der Waals surface area (Å²) in [6.07, 6.45) is 3.35. The summed E-state index contributed by atoms with van der Waals surface area (Å²) in [4.78, 5) is 4.90. The minimum atomic E-state index is -0.0633. The lowest BCUT2D eigenvalue weighted by Crippen LogP contribution is -2.51. The Balaban J connectivity index is 2.66. The first-order valence-corrected chi connectivity index (χ1v) is 8.55. The van der Waals surface area contributed by atoms with Crippen LogP contribution >= 0.6 is 0 Å². The van der Waals surface area contributed by atoms with Crippen molar-refractivity contribution in [1.29, 1.82) is 0 Å². The first-order chi connectivity index (χ1) is 9.78. The van der Waals surface area contributed by atoms with Gasteiger partial charge in [-0.2, -0.15) is 0 Å². The molecule has 21 heavy (non-hydrogen) atoms. The number of hydrogen-bond donors (Lipinski definition) is 2. The molecule has 0 aromatic carbocycles. The second kappa shape index (κ2) is 8.47. The summed E-state index contributed by atoms with van der Waals surface area (Å²) < 4.78 is 0. The highest BCUT2D eigenvalue weighted by Crippen LogP contribution is 2.33. The highest BCUT2D eigenvalue weighted by molar-refractivity contribution is 5.00. The number of aliphatic hydroxyl groups excluding tert-OH is 1. The molecule has 1 rings (SSSR count). The van der Waals surface area contributed by atoms with Gasteiger partial charge in [0.2, 0.25) is 0 Å². The van der Waals surface area contributed by atoms with Crippen LogP contribution in [0.2, 0.25) is 0 Å². The molecular weight excluding hydrogens is 262 g/mol. The third-order valence-corrected chi connectivity index (χ3v) is 4.43. The molecule has 0 radical (unpaired) electrons. The maximum atomic E-state index is 9.88. The molecule has 2 unspecified atom stereocenters. The van der Waals surface area contributed by atoms with E-state index in [4.69, 9.17) is 0 Å². The molecule has 0 aliphatic heterocycles. The molecular formula is C17H37N3O. The third-order valence-electron chi connectivity index (χ3n) is 4.43. The molecule has 1 saturated carbocycles. The molecule has 0 amide bonds. The van der Waals surface area contributed by atoms with Crippen LogP contribution in [0.4, 0.5) is 0 Å². The predicted octanol–water partition coefficient (Wildman–Crippen LogP) is 1.79. The van der Waals surface area contributed by atoms with Crippen LogP contribution in [0.5, 0.6) is 0 Å². The Labute approximate surface area is 131 Å². The van der Waals surface area contributed by atoms with E-state index < -0.39 is 0 Å². The molecule has 2 N–H and O–H groups in total. The van der Waals surface area contributed by atoms with E-state index in [0.717, 1.165) is 32.5 Å². The van der Waals surface area contributed by atoms with E-state index in [9.17, 15) is 5.11 Å². The lowest BCUT2D eigenvalue weighted by Gasteiger charge is -2.35. The Morgan fingerprint density at radius 3 is 2.33 bits per heavy atom. The smallest absolute Gasteiger partial charge is 0.0614 e. The Kier molecular flexibility index (Phi) is 7.62. The number of nitrogens with zero attached hydrogens (tertiary/aromatic N) is 2. The van der Waals surface area contributed by atoms with Crippen molar-refractivity contribution in [2.75, 3.05) is 40.3 Å². The number of hydrogen-bond acceptors (Lipinski definition) is 4. The molecule has 0 bridgehead atoms. The third kappa shape index (κ3) is 6.23. The summed E-state index contributed by atoms with van der Waals surface area (Å²) >= 11 is 0. The van der Waals surface area contributed by atoms with Gasteiger partial charge in [0.05, 0.1) is 6.61 Å². The molecule has 0 saturated heterocycles. The monoisotopic (exact) mass is 299 g/mol. The Hall–Kier alpha value is -0.160. The van der Waals surface area contributed by atoms with Crippen molar-refractivity contribution < 1.29 is 5.11 Å². The van der Waals surface area contributed by atoms with Gasteiger partial charge in [0.1, 0.15) is 0 Å². The molecule has 2 atom stereocenters. The van der Waals surface area contributed by atoms with E-state index in [-0.39, 0.29) is 12.1 Å². The van der Waals surface area contributed by atoms with E-state index in [1.807, 2.05) is 0 Å². The quantitative estimate of drug-likeness (QED) is 0.681. The Morgan fingerprint density at radius 1 is 1.19 bits per heavy atom. The number of likely N-dealkylation sites (N-methyl/N-ethyl adjacent to an activating group) is 1. The lowest BCUT2D eigenvalue weighted by atomic mass is 9.97. The lowest BCUT2D eigenvalue weighted by molar-refractivity contribution is 0.125. The summed E-state index contributed by atoms with van der Waals surface area (Å²) in [5, 5.41) is 13.5. The van der Waals surface area contributed by atoms with Crippen LogP contribution in [0.1, 0.15) is 47.0 Å². The van der Waals surface area contributed by atoms with Crippen molar-refractivity contribution >= 4 is 0 Å². The minimum Gasteiger partial charge on any atom is -0.394 e. The average Bonchev–Trinajstić information content (AvgIpc) is 2.77. The van der Waals surface area contributed by atoms with Gasteiger partial charge in [-0.3, -0.25) is 4.90 Å². The van der Waals surface area contributed by atoms with Gasteiger partial charge in [-0.05, 0) is 39.3 Å². The van der Waals surface area contributed by atoms with Crippen LogP contribution in [0, 0.1) is 5.92 Å². The Bertz CT molecular complexity index is 294. The first-order valence-electron chi connectivity index (χ1n) is 8.55. The number of rotatable bonds is 9. The van der Waals surface area contributed by atoms with Gasteiger partial charge in [0.25, 0.3) is 0 Å². The minimum absolute atomic E-state index is 0.0633. The predicted molar refractivity (Wildman–Crippen MR) is 90.7 cm³/mol. The SMILES string of the molecule is CC(C)CN(CCN(C)C)C1CCC(CO)(NC(C)C)C1. The zero-order valence-electron chi connectivity index (χ0n) is 15.0. The zero-order valence-corrected chi connectivity index (χ0v) is 15.0. The van der Waals surface area contributed by atoms with E-state index in [1.165, 1.54) is 6.42 Å². The van der Waals surface area contributed by atoms with Crippen molar-refractivity contribution in [2.24, 2.45) is 5.92 Å². The fourth-order valence-corrected chi connectivity index (χ4v) is 3.56. The fraction of sp³-hybridized carbons (Fsp3) is 1.00. The summed E-state index contributed by atoms with van der Waals surface area (Å²) in [5.41, 5.74) is -0.0633. The molecule has 0 aromatic rings. The highest BCUT2D eigenvalue weighted by Gasteiger charge is 2.40. The van der Waals surface area contributed by atoms with Crippen molar-refractivity contribution in [3.63, 3.8) is 0 Å². The van der Waals surface area contributed by atoms with Gasteiger partial charge >= 0.3 is 0 Å². The largest absolute Gasteiger partial charge is 0.394 e. The topological polar surface area (TPSA) is 38.7 Å². The molecule has 0 heterocycles. The van der Waals surface area contributed by atoms with Crippen LogP contribution in [-0.2, 0) is 0 Å². The van der Waals surface area contributed by atoms with Crippen LogP contribution in [-0.4, -0.2) is 72.9 Å². The van der Waals surface area contributed by atoms with Gasteiger partial charge in [-0.1, -0.05) is 27.7 Å². The van der Waals surface area contributed by atoms with Crippen molar-refractivity contribution in [2.45, 2.75) is 64.6 Å². The standard InChI is InChI=1S/C17H37N3O/c1-14(2)12-20(10-9-19(5)6)16-7-8-17(11-16,13-21)18-15(3)4/h14-16,18,21H,7-13H2,1-6H3. The second-order valence-electron chi connectivity index (χ2n) is 7.83. The van der Waals surface area contributed by atoms with Crippen LogP contribution in [0.3, 0.4) is 0 Å². The normalized spacial score (nSPS) is 26.7. The van der Waals surface area contributed by atoms with Crippen molar-refractivity contribution in [1.82, 2.24) is 15.1 Å². The Morgan fingerprint density at radius 2 is 1.86 bits per heavy atom. The fourth-order valence-electron chi connectivity index (χ4n) is 3.56. The highest BCUT2D eigenvalue weighted by atomic mass is 16.3. The van der Waals surface area contributed by atoms with Gasteiger partial charge < -0.3 is 15.3 Å². The summed E-state index contributed by atoms with van der Waals surface area (Å²) in [5.74, 6) is 0.689. The van der Waals surface area contributed by atoms with Crippen molar-refractivity contribution in [3.8, 4) is 0 Å². The molecule has 1 aliphatic carbocycles. The van der Waals surface area contributed by atoms with E-state index >= 15 is 0 Å². The summed E-state index contributed by atoms with van der Waals surface area (Å²) in [7, 11) is 4.28. The van der Waals surface area contributed by atoms with Crippen LogP contribution in [0.25, 0.3) is 0 Å². The van der Waals surface area contributed by atoms with Crippen LogP contribution in [0.15, 0.2) is 0 Å². The first kappa shape index (κ1) is 18.9. The average molecular weight is 300 g/mol. The molecule has 1 aliphatic rings. The van der Waals surface area contributed by atoms with Crippen LogP contribution < -0.4 is 5.32 Å². The zero-order chi connectivity index (χ0) is 16.0. The maximum Gasteiger partial charge on any atom is 0.0614 e. The van der Waals surface area contributed by atoms with E-state index in [2.05, 4.69) is 56.9 Å². The van der Waals surface area contributed by atoms with Gasteiger partial charge in [-0.25, -0.2) is 0 Å². The van der Waals surface area contributed by atoms with E-state index in [1.54, 1.807) is 0 Å². The van der Waals surface area contributed by atoms with Gasteiger partial charge in [0.15, 0.2) is 0 Å². The molecule has 126 valence electrons. The molecule has 4 heteroatoms. The van der Waals surface area contributed by atoms with Crippen molar-refractivity contribution in [3.05, 3.63) is 0 Å². The van der Waals surface area contributed by atoms with E-state index in [0.29, 0.717) is 18.0 Å². The molecule has 0 aromatic heterocycles. The molecule has 4 nitrogen and oxygen atoms in total. The summed E-state index contributed by atoms with van der Waals surface area (Å²) in [6.45, 7) is 12.6. The molecule has 0 spiro atoms. The maximum absolute atomic E-state index is 9.88. The summed E-state index contributed by atoms with van der Waals surface area (Å²) in [6, 6.07) is 1.03. The van der Waals surface area contributed by atoms with Gasteiger partial charge in [0, 0.05) is 37.3 Å². The molecule has 1 fully saturated rings. The number of aliphatic hydroxyl groups is 1. The second-order valence-corrected chi connectivity index (χ2v) is 7.83.